The highest BCUT2D eigenvalue weighted by Crippen LogP contribution is 2.57. The van der Waals surface area contributed by atoms with Crippen LogP contribution in [0.25, 0.3) is 0 Å². The van der Waals surface area contributed by atoms with Crippen molar-refractivity contribution in [3.8, 4) is 5.75 Å². The van der Waals surface area contributed by atoms with Crippen LogP contribution in [0.4, 0.5) is 0 Å². The maximum Gasteiger partial charge on any atom is 0.191 e. The molecule has 6 heteroatoms. The monoisotopic (exact) mass is 332 g/mol. The number of guanidine groups is 1. The minimum Gasteiger partial charge on any atom is -0.490 e. The Balaban J connectivity index is 1.41. The average Bonchev–Trinajstić information content (AvgIpc) is 2.55. The third kappa shape index (κ3) is 3.48. The van der Waals surface area contributed by atoms with Gasteiger partial charge < -0.3 is 20.1 Å². The van der Waals surface area contributed by atoms with Gasteiger partial charge in [0.25, 0.3) is 0 Å². The lowest BCUT2D eigenvalue weighted by molar-refractivity contribution is -0.168. The first-order valence-corrected chi connectivity index (χ1v) is 8.90. The van der Waals surface area contributed by atoms with E-state index in [2.05, 4.69) is 27.5 Å². The van der Waals surface area contributed by atoms with Gasteiger partial charge in [0.1, 0.15) is 12.4 Å². The van der Waals surface area contributed by atoms with Crippen LogP contribution in [0.1, 0.15) is 32.6 Å². The zero-order chi connectivity index (χ0) is 16.8. The number of nitrogens with zero attached hydrogens (tertiary/aromatic N) is 2. The standard InChI is InChI=1S/C18H28N4O2/c1-3-23-16-12-15(18(16)7-5-8-18)22-17(19-2)21-10-11-24-14-6-4-9-20-13-14/h4,6,9,13,15-16H,3,5,7-8,10-12H2,1-2H3,(H2,19,21,22). The first-order valence-electron chi connectivity index (χ1n) is 8.90. The van der Waals surface area contributed by atoms with Gasteiger partial charge in [-0.05, 0) is 38.3 Å². The Morgan fingerprint density at radius 3 is 2.96 bits per heavy atom. The molecule has 2 saturated carbocycles. The maximum absolute atomic E-state index is 5.90. The smallest absolute Gasteiger partial charge is 0.191 e. The molecule has 1 spiro atoms. The first kappa shape index (κ1) is 17.0. The van der Waals surface area contributed by atoms with Gasteiger partial charge in [-0.25, -0.2) is 0 Å². The SMILES string of the molecule is CCOC1CC(NC(=NC)NCCOc2cccnc2)C12CCC2. The van der Waals surface area contributed by atoms with E-state index in [1.54, 1.807) is 12.4 Å². The minimum absolute atomic E-state index is 0.333. The molecule has 2 aliphatic carbocycles. The second kappa shape index (κ2) is 7.83. The van der Waals surface area contributed by atoms with E-state index in [4.69, 9.17) is 9.47 Å². The molecule has 1 heterocycles. The molecule has 2 N–H and O–H groups in total. The molecule has 2 aliphatic rings. The lowest BCUT2D eigenvalue weighted by Gasteiger charge is -2.61. The van der Waals surface area contributed by atoms with Gasteiger partial charge >= 0.3 is 0 Å². The summed E-state index contributed by atoms with van der Waals surface area (Å²) in [5.74, 6) is 1.63. The summed E-state index contributed by atoms with van der Waals surface area (Å²) in [6, 6.07) is 4.24. The van der Waals surface area contributed by atoms with Gasteiger partial charge in [-0.15, -0.1) is 0 Å². The lowest BCUT2D eigenvalue weighted by Crippen LogP contribution is -2.68. The molecule has 2 unspecified atom stereocenters. The van der Waals surface area contributed by atoms with E-state index in [9.17, 15) is 0 Å². The van der Waals surface area contributed by atoms with Gasteiger partial charge in [0.15, 0.2) is 5.96 Å². The Bertz CT molecular complexity index is 545. The summed E-state index contributed by atoms with van der Waals surface area (Å²) in [6.45, 7) is 4.15. The summed E-state index contributed by atoms with van der Waals surface area (Å²) in [5, 5.41) is 6.90. The van der Waals surface area contributed by atoms with Crippen LogP contribution in [0.2, 0.25) is 0 Å². The maximum atomic E-state index is 5.90. The van der Waals surface area contributed by atoms with Gasteiger partial charge in [0.05, 0.1) is 18.8 Å². The molecule has 0 radical (unpaired) electrons. The highest BCUT2D eigenvalue weighted by molar-refractivity contribution is 5.80. The molecule has 6 nitrogen and oxygen atoms in total. The highest BCUT2D eigenvalue weighted by atomic mass is 16.5. The molecule has 2 fully saturated rings. The summed E-state index contributed by atoms with van der Waals surface area (Å²) in [6.07, 6.45) is 8.78. The van der Waals surface area contributed by atoms with E-state index in [0.717, 1.165) is 24.7 Å². The van der Waals surface area contributed by atoms with Crippen LogP contribution < -0.4 is 15.4 Å². The molecule has 1 aromatic heterocycles. The van der Waals surface area contributed by atoms with E-state index < -0.39 is 0 Å². The van der Waals surface area contributed by atoms with E-state index in [1.807, 2.05) is 19.2 Å². The van der Waals surface area contributed by atoms with Gasteiger partial charge in [-0.3, -0.25) is 9.98 Å². The summed E-state index contributed by atoms with van der Waals surface area (Å²) >= 11 is 0. The fourth-order valence-electron chi connectivity index (χ4n) is 3.77. The molecular formula is C18H28N4O2. The Morgan fingerprint density at radius 1 is 1.46 bits per heavy atom. The first-order chi connectivity index (χ1) is 11.8. The van der Waals surface area contributed by atoms with Crippen LogP contribution in [0, 0.1) is 5.41 Å². The number of aliphatic imine (C=N–C) groups is 1. The quantitative estimate of drug-likeness (QED) is 0.454. The minimum atomic E-state index is 0.333. The normalized spacial score (nSPS) is 24.8. The van der Waals surface area contributed by atoms with Crippen molar-refractivity contribution in [1.82, 2.24) is 15.6 Å². The molecule has 132 valence electrons. The van der Waals surface area contributed by atoms with Crippen LogP contribution in [0.3, 0.4) is 0 Å². The van der Waals surface area contributed by atoms with Gasteiger partial charge in [0.2, 0.25) is 0 Å². The third-order valence-electron chi connectivity index (χ3n) is 5.27. The molecule has 1 aromatic rings. The van der Waals surface area contributed by atoms with Crippen molar-refractivity contribution in [1.29, 1.82) is 0 Å². The van der Waals surface area contributed by atoms with Crippen LogP contribution in [0.15, 0.2) is 29.5 Å². The van der Waals surface area contributed by atoms with Crippen LogP contribution in [0.5, 0.6) is 5.75 Å². The highest BCUT2D eigenvalue weighted by Gasteiger charge is 2.59. The average molecular weight is 332 g/mol. The molecule has 0 aliphatic heterocycles. The number of aromatic nitrogens is 1. The molecule has 2 atom stereocenters. The summed E-state index contributed by atoms with van der Waals surface area (Å²) < 4.78 is 11.5. The van der Waals surface area contributed by atoms with Crippen LogP contribution in [-0.4, -0.2) is 49.9 Å². The Morgan fingerprint density at radius 2 is 2.33 bits per heavy atom. The number of hydrogen-bond acceptors (Lipinski definition) is 4. The molecule has 0 bridgehead atoms. The van der Waals surface area contributed by atoms with Crippen LogP contribution in [-0.2, 0) is 4.74 Å². The van der Waals surface area contributed by atoms with E-state index >= 15 is 0 Å². The Kier molecular flexibility index (Phi) is 5.56. The molecule has 0 amide bonds. The van der Waals surface area contributed by atoms with Crippen molar-refractivity contribution in [3.05, 3.63) is 24.5 Å². The summed E-state index contributed by atoms with van der Waals surface area (Å²) in [5.41, 5.74) is 0.333. The fourth-order valence-corrected chi connectivity index (χ4v) is 3.77. The van der Waals surface area contributed by atoms with Crippen molar-refractivity contribution in [2.24, 2.45) is 10.4 Å². The number of hydrogen-bond donors (Lipinski definition) is 2. The van der Waals surface area contributed by atoms with Gasteiger partial charge in [0, 0.05) is 31.3 Å². The summed E-state index contributed by atoms with van der Waals surface area (Å²) in [4.78, 5) is 8.37. The fraction of sp³-hybridized carbons (Fsp3) is 0.667. The van der Waals surface area contributed by atoms with Gasteiger partial charge in [-0.1, -0.05) is 6.42 Å². The zero-order valence-electron chi connectivity index (χ0n) is 14.6. The molecule has 3 rings (SSSR count). The second-order valence-corrected chi connectivity index (χ2v) is 6.50. The zero-order valence-corrected chi connectivity index (χ0v) is 14.6. The Hall–Kier alpha value is -1.82. The number of ether oxygens (including phenoxy) is 2. The second-order valence-electron chi connectivity index (χ2n) is 6.50. The molecule has 24 heavy (non-hydrogen) atoms. The Labute approximate surface area is 144 Å². The van der Waals surface area contributed by atoms with E-state index in [0.29, 0.717) is 30.7 Å². The van der Waals surface area contributed by atoms with Crippen molar-refractivity contribution < 1.29 is 9.47 Å². The lowest BCUT2D eigenvalue weighted by atomic mass is 9.51. The predicted octanol–water partition coefficient (Wildman–Crippen LogP) is 1.97. The van der Waals surface area contributed by atoms with E-state index in [1.165, 1.54) is 19.3 Å². The number of rotatable bonds is 7. The van der Waals surface area contributed by atoms with Crippen molar-refractivity contribution in [2.75, 3.05) is 26.8 Å². The summed E-state index contributed by atoms with van der Waals surface area (Å²) in [7, 11) is 1.81. The van der Waals surface area contributed by atoms with Crippen molar-refractivity contribution in [3.63, 3.8) is 0 Å². The third-order valence-corrected chi connectivity index (χ3v) is 5.27. The predicted molar refractivity (Wildman–Crippen MR) is 94.3 cm³/mol. The topological polar surface area (TPSA) is 67.8 Å². The van der Waals surface area contributed by atoms with Crippen LogP contribution >= 0.6 is 0 Å². The van der Waals surface area contributed by atoms with E-state index in [-0.39, 0.29) is 0 Å². The van der Waals surface area contributed by atoms with Crippen molar-refractivity contribution >= 4 is 5.96 Å². The van der Waals surface area contributed by atoms with Gasteiger partial charge in [-0.2, -0.15) is 0 Å². The molecule has 0 saturated heterocycles. The molecule has 0 aromatic carbocycles. The number of nitrogens with one attached hydrogen (secondary N) is 2. The number of pyridine rings is 1. The molecular weight excluding hydrogens is 304 g/mol. The largest absolute Gasteiger partial charge is 0.490 e. The van der Waals surface area contributed by atoms with Crippen molar-refractivity contribution in [2.45, 2.75) is 44.8 Å².